The molecule has 0 fully saturated rings. The fourth-order valence-corrected chi connectivity index (χ4v) is 11.8. The second-order valence-corrected chi connectivity index (χ2v) is 20.7. The van der Waals surface area contributed by atoms with Crippen molar-refractivity contribution in [2.75, 3.05) is 0 Å². The van der Waals surface area contributed by atoms with Crippen molar-refractivity contribution >= 4 is 32.3 Å². The van der Waals surface area contributed by atoms with Crippen LogP contribution in [0.3, 0.4) is 0 Å². The second-order valence-electron chi connectivity index (χ2n) is 20.7. The lowest BCUT2D eigenvalue weighted by molar-refractivity contribution is 0.660. The van der Waals surface area contributed by atoms with E-state index < -0.39 is 0 Å². The third-order valence-corrected chi connectivity index (χ3v) is 15.4. The first kappa shape index (κ1) is 44.9. The summed E-state index contributed by atoms with van der Waals surface area (Å²) in [6.07, 6.45) is 2.40. The molecule has 0 saturated carbocycles. The average Bonchev–Trinajstić information content (AvgIpc) is 3.77. The highest BCUT2D eigenvalue weighted by atomic mass is 14.4. The highest BCUT2D eigenvalue weighted by molar-refractivity contribution is 6.28. The molecule has 0 aliphatic heterocycles. The van der Waals surface area contributed by atoms with Crippen molar-refractivity contribution in [1.29, 1.82) is 0 Å². The molecule has 0 amide bonds. The quantitative estimate of drug-likeness (QED) is 0.151. The first-order chi connectivity index (χ1) is 34.0. The van der Waals surface area contributed by atoms with Crippen molar-refractivity contribution in [3.8, 4) is 66.8 Å². The van der Waals surface area contributed by atoms with Crippen molar-refractivity contribution in [3.05, 3.63) is 240 Å². The fraction of sp³-hybridized carbons (Fsp3) is 0.171. The Balaban J connectivity index is 0.000000395. The summed E-state index contributed by atoms with van der Waals surface area (Å²) in [5.41, 5.74) is 23.8. The number of aryl methyl sites for hydroxylation is 2. The average molecular weight is 903 g/mol. The van der Waals surface area contributed by atoms with E-state index in [1.807, 2.05) is 0 Å². The molecule has 11 aromatic carbocycles. The molecule has 0 heterocycles. The lowest BCUT2D eigenvalue weighted by Crippen LogP contribution is -2.15. The second kappa shape index (κ2) is 17.8. The van der Waals surface area contributed by atoms with Gasteiger partial charge in [-0.25, -0.2) is 0 Å². The van der Waals surface area contributed by atoms with Gasteiger partial charge in [0.1, 0.15) is 0 Å². The van der Waals surface area contributed by atoms with Crippen molar-refractivity contribution < 1.29 is 0 Å². The molecule has 0 aromatic heterocycles. The Labute approximate surface area is 415 Å². The number of rotatable bonds is 5. The SMILES string of the molecule is CC1(C)c2ccccc2-c2cc(-c3ccc4ccc5c6c(cc7ccc3c4c75)C(C)(C)c3cc(-c4cc(-c5ccccc5)cc(-c5ccccc5)c4)ccc3-6)ccc21.CCC.CCc1ccccc1C. The molecule has 0 saturated heterocycles. The van der Waals surface area contributed by atoms with Gasteiger partial charge in [0.25, 0.3) is 0 Å². The summed E-state index contributed by atoms with van der Waals surface area (Å²) in [5.74, 6) is 0. The Morgan fingerprint density at radius 3 is 1.53 bits per heavy atom. The van der Waals surface area contributed by atoms with E-state index in [4.69, 9.17) is 0 Å². The van der Waals surface area contributed by atoms with Gasteiger partial charge in [-0.05, 0) is 182 Å². The molecule has 0 unspecified atom stereocenters. The van der Waals surface area contributed by atoms with Gasteiger partial charge in [-0.3, -0.25) is 0 Å². The van der Waals surface area contributed by atoms with Crippen LogP contribution in [0.5, 0.6) is 0 Å². The van der Waals surface area contributed by atoms with Crippen LogP contribution in [0.4, 0.5) is 0 Å². The van der Waals surface area contributed by atoms with Crippen molar-refractivity contribution in [2.24, 2.45) is 0 Å². The summed E-state index contributed by atoms with van der Waals surface area (Å²) in [6, 6.07) is 77.2. The highest BCUT2D eigenvalue weighted by Crippen LogP contribution is 2.55. The third kappa shape index (κ3) is 7.44. The van der Waals surface area contributed by atoms with Crippen LogP contribution < -0.4 is 0 Å². The Morgan fingerprint density at radius 2 is 0.857 bits per heavy atom. The predicted octanol–water partition coefficient (Wildman–Crippen LogP) is 19.8. The topological polar surface area (TPSA) is 0 Å². The van der Waals surface area contributed by atoms with Gasteiger partial charge in [-0.2, -0.15) is 0 Å². The van der Waals surface area contributed by atoms with Gasteiger partial charge in [-0.15, -0.1) is 0 Å². The Bertz CT molecular complexity index is 3670. The Hall–Kier alpha value is -7.54. The summed E-state index contributed by atoms with van der Waals surface area (Å²) < 4.78 is 0. The van der Waals surface area contributed by atoms with Gasteiger partial charge >= 0.3 is 0 Å². The maximum absolute atomic E-state index is 2.50. The summed E-state index contributed by atoms with van der Waals surface area (Å²) in [6.45, 7) is 18.1. The molecule has 0 N–H and O–H groups in total. The minimum Gasteiger partial charge on any atom is -0.0656 e. The van der Waals surface area contributed by atoms with Crippen LogP contribution in [-0.2, 0) is 17.3 Å². The van der Waals surface area contributed by atoms with Gasteiger partial charge in [-0.1, -0.05) is 225 Å². The van der Waals surface area contributed by atoms with E-state index >= 15 is 0 Å². The van der Waals surface area contributed by atoms with Crippen molar-refractivity contribution in [1.82, 2.24) is 0 Å². The van der Waals surface area contributed by atoms with Crippen LogP contribution >= 0.6 is 0 Å². The molecule has 0 heteroatoms. The smallest absolute Gasteiger partial charge is 0.0159 e. The molecule has 13 rings (SSSR count). The molecule has 0 bridgehead atoms. The van der Waals surface area contributed by atoms with E-state index in [0.29, 0.717) is 0 Å². The first-order valence-corrected chi connectivity index (χ1v) is 25.5. The summed E-state index contributed by atoms with van der Waals surface area (Å²) in [7, 11) is 0. The zero-order valence-corrected chi connectivity index (χ0v) is 42.0. The highest BCUT2D eigenvalue weighted by Gasteiger charge is 2.38. The summed E-state index contributed by atoms with van der Waals surface area (Å²) in [5, 5.41) is 8.03. The normalized spacial score (nSPS) is 13.5. The van der Waals surface area contributed by atoms with E-state index in [9.17, 15) is 0 Å². The van der Waals surface area contributed by atoms with Crippen molar-refractivity contribution in [2.45, 2.75) is 79.1 Å². The van der Waals surface area contributed by atoms with E-state index in [1.54, 1.807) is 0 Å². The van der Waals surface area contributed by atoms with Gasteiger partial charge < -0.3 is 0 Å². The molecule has 70 heavy (non-hydrogen) atoms. The van der Waals surface area contributed by atoms with Crippen LogP contribution in [0, 0.1) is 6.92 Å². The van der Waals surface area contributed by atoms with E-state index in [2.05, 4.69) is 262 Å². The lowest BCUT2D eigenvalue weighted by Gasteiger charge is -2.23. The maximum Gasteiger partial charge on any atom is 0.0159 e. The zero-order chi connectivity index (χ0) is 48.3. The molecular formula is C70H62. The number of benzene rings is 11. The number of hydrogen-bond acceptors (Lipinski definition) is 0. The Kier molecular flexibility index (Phi) is 11.4. The van der Waals surface area contributed by atoms with E-state index in [0.717, 1.165) is 6.42 Å². The third-order valence-electron chi connectivity index (χ3n) is 15.4. The van der Waals surface area contributed by atoms with Crippen LogP contribution in [-0.4, -0.2) is 0 Å². The summed E-state index contributed by atoms with van der Waals surface area (Å²) >= 11 is 0. The van der Waals surface area contributed by atoms with Crippen LogP contribution in [0.2, 0.25) is 0 Å². The molecule has 2 aliphatic rings. The zero-order valence-electron chi connectivity index (χ0n) is 42.0. The molecule has 342 valence electrons. The van der Waals surface area contributed by atoms with Gasteiger partial charge in [0.2, 0.25) is 0 Å². The van der Waals surface area contributed by atoms with Gasteiger partial charge in [0.15, 0.2) is 0 Å². The standard InChI is InChI=1S/C58H42.C9H12.C3H8/c1-57(2)50-18-12-11-17-45(50)49-32-39(23-28-51(49)57)44-24-19-37-20-27-48-55-40(22-25-46(44)54(37)55)34-53-56(48)47-26-21-38(33-52(47)58(53,3)4)43-30-41(35-13-7-5-8-14-35)29-42(31-43)36-15-9-6-10-16-36;1-3-9-7-5-4-6-8(9)2;1-3-2/h5-34H,1-4H3;4-7H,3H2,1-2H3;3H2,1-2H3. The predicted molar refractivity (Wildman–Crippen MR) is 304 cm³/mol. The van der Waals surface area contributed by atoms with Crippen molar-refractivity contribution in [3.63, 3.8) is 0 Å². The molecule has 0 nitrogen and oxygen atoms in total. The van der Waals surface area contributed by atoms with E-state index in [-0.39, 0.29) is 10.8 Å². The number of fused-ring (bicyclic) bond motifs is 7. The van der Waals surface area contributed by atoms with Crippen LogP contribution in [0.25, 0.3) is 99.1 Å². The summed E-state index contributed by atoms with van der Waals surface area (Å²) in [4.78, 5) is 0. The fourth-order valence-electron chi connectivity index (χ4n) is 11.8. The minimum atomic E-state index is -0.163. The molecule has 0 spiro atoms. The first-order valence-electron chi connectivity index (χ1n) is 25.5. The van der Waals surface area contributed by atoms with Gasteiger partial charge in [0, 0.05) is 10.8 Å². The maximum atomic E-state index is 2.50. The largest absolute Gasteiger partial charge is 0.0656 e. The molecule has 0 atom stereocenters. The Morgan fingerprint density at radius 1 is 0.329 bits per heavy atom. The molecular weight excluding hydrogens is 841 g/mol. The molecule has 2 aliphatic carbocycles. The number of hydrogen-bond donors (Lipinski definition) is 0. The minimum absolute atomic E-state index is 0.00434. The van der Waals surface area contributed by atoms with Crippen LogP contribution in [0.1, 0.15) is 88.3 Å². The van der Waals surface area contributed by atoms with E-state index in [1.165, 1.54) is 139 Å². The monoisotopic (exact) mass is 902 g/mol. The molecule has 0 radical (unpaired) electrons. The lowest BCUT2D eigenvalue weighted by atomic mass is 9.79. The molecule has 11 aromatic rings. The van der Waals surface area contributed by atoms with Gasteiger partial charge in [0.05, 0.1) is 0 Å². The van der Waals surface area contributed by atoms with Crippen LogP contribution in [0.15, 0.2) is 206 Å².